The smallest absolute Gasteiger partial charge is 0.209 e. The van der Waals surface area contributed by atoms with Gasteiger partial charge >= 0.3 is 0 Å². The SMILES string of the molecule is Cc1cccc(Cn2nnc(-c3cnn(-c4ccc(F)cc4)c3SSc3c(-c4nnn(Cc5cccc(C)c5)n4)cnn3-c3ccc(F)cc3)n2)c1. The summed E-state index contributed by atoms with van der Waals surface area (Å²) in [6.07, 6.45) is 3.33. The van der Waals surface area contributed by atoms with E-state index < -0.39 is 0 Å². The number of nitrogens with zero attached hydrogens (tertiary/aromatic N) is 12. The van der Waals surface area contributed by atoms with E-state index in [1.807, 2.05) is 50.2 Å². The summed E-state index contributed by atoms with van der Waals surface area (Å²) >= 11 is 0. The van der Waals surface area contributed by atoms with Crippen molar-refractivity contribution in [3.8, 4) is 34.2 Å². The number of rotatable bonds is 11. The number of hydrogen-bond acceptors (Lipinski definition) is 10. The van der Waals surface area contributed by atoms with Gasteiger partial charge in [-0.2, -0.15) is 19.8 Å². The van der Waals surface area contributed by atoms with Crippen LogP contribution in [0.4, 0.5) is 8.78 Å². The van der Waals surface area contributed by atoms with E-state index in [0.29, 0.717) is 57.3 Å². The van der Waals surface area contributed by atoms with Crippen molar-refractivity contribution in [3.05, 3.63) is 143 Å². The van der Waals surface area contributed by atoms with Crippen molar-refractivity contribution >= 4 is 21.6 Å². The van der Waals surface area contributed by atoms with Gasteiger partial charge in [-0.25, -0.2) is 18.1 Å². The van der Waals surface area contributed by atoms with E-state index >= 15 is 0 Å². The molecular weight excluding hydrogens is 703 g/mol. The van der Waals surface area contributed by atoms with Gasteiger partial charge in [0.15, 0.2) is 0 Å². The van der Waals surface area contributed by atoms with Gasteiger partial charge in [0, 0.05) is 0 Å². The monoisotopic (exact) mass is 730 g/mol. The summed E-state index contributed by atoms with van der Waals surface area (Å²) in [6.45, 7) is 4.95. The van der Waals surface area contributed by atoms with Crippen LogP contribution in [-0.4, -0.2) is 60.0 Å². The van der Waals surface area contributed by atoms with E-state index in [1.54, 1.807) is 46.0 Å². The van der Waals surface area contributed by atoms with Crippen molar-refractivity contribution in [1.82, 2.24) is 60.0 Å². The first-order valence-corrected chi connectivity index (χ1v) is 18.2. The fourth-order valence-electron chi connectivity index (χ4n) is 5.54. The third-order valence-electron chi connectivity index (χ3n) is 7.99. The number of halogens is 2. The minimum Gasteiger partial charge on any atom is -0.226 e. The second-order valence-electron chi connectivity index (χ2n) is 11.9. The molecular formula is C36H28F2N12S2. The molecule has 8 aromatic rings. The summed E-state index contributed by atoms with van der Waals surface area (Å²) in [6, 6.07) is 28.3. The number of tetrazole rings is 2. The molecule has 0 N–H and O–H groups in total. The molecule has 4 aromatic heterocycles. The second-order valence-corrected chi connectivity index (χ2v) is 14.0. The van der Waals surface area contributed by atoms with Crippen molar-refractivity contribution in [2.45, 2.75) is 37.0 Å². The zero-order valence-electron chi connectivity index (χ0n) is 27.7. The van der Waals surface area contributed by atoms with Crippen molar-refractivity contribution in [3.63, 3.8) is 0 Å². The maximum absolute atomic E-state index is 14.0. The molecule has 0 atom stereocenters. The van der Waals surface area contributed by atoms with E-state index in [0.717, 1.165) is 22.3 Å². The minimum absolute atomic E-state index is 0.365. The molecule has 0 radical (unpaired) electrons. The Hall–Kier alpha value is -6.00. The van der Waals surface area contributed by atoms with Crippen LogP contribution in [0.1, 0.15) is 22.3 Å². The quantitative estimate of drug-likeness (QED) is 0.127. The Morgan fingerprint density at radius 3 is 1.38 bits per heavy atom. The number of benzene rings is 4. The molecule has 8 rings (SSSR count). The van der Waals surface area contributed by atoms with Crippen LogP contribution in [0.2, 0.25) is 0 Å². The first-order valence-electron chi connectivity index (χ1n) is 16.1. The summed E-state index contributed by atoms with van der Waals surface area (Å²) in [7, 11) is 2.74. The summed E-state index contributed by atoms with van der Waals surface area (Å²) in [4.78, 5) is 3.07. The Morgan fingerprint density at radius 2 is 0.981 bits per heavy atom. The van der Waals surface area contributed by atoms with Crippen LogP contribution in [0.15, 0.2) is 120 Å². The normalized spacial score (nSPS) is 11.4. The Kier molecular flexibility index (Phi) is 9.13. The molecule has 4 aromatic carbocycles. The first-order chi connectivity index (χ1) is 25.4. The summed E-state index contributed by atoms with van der Waals surface area (Å²) < 4.78 is 31.3. The maximum atomic E-state index is 14.0. The number of aromatic nitrogens is 12. The number of aryl methyl sites for hydroxylation is 2. The van der Waals surface area contributed by atoms with Crippen molar-refractivity contribution in [2.24, 2.45) is 0 Å². The fourth-order valence-corrected chi connectivity index (χ4v) is 8.04. The fraction of sp³-hybridized carbons (Fsp3) is 0.111. The number of hydrogen-bond donors (Lipinski definition) is 0. The molecule has 52 heavy (non-hydrogen) atoms. The third-order valence-corrected chi connectivity index (χ3v) is 10.4. The topological polar surface area (TPSA) is 123 Å². The zero-order valence-corrected chi connectivity index (χ0v) is 29.4. The Balaban J connectivity index is 1.16. The molecule has 0 spiro atoms. The van der Waals surface area contributed by atoms with Gasteiger partial charge in [0.25, 0.3) is 0 Å². The molecule has 0 unspecified atom stereocenters. The Labute approximate surface area is 303 Å². The lowest BCUT2D eigenvalue weighted by Gasteiger charge is -2.11. The Morgan fingerprint density at radius 1 is 0.558 bits per heavy atom. The lowest BCUT2D eigenvalue weighted by molar-refractivity contribution is 0.572. The van der Waals surface area contributed by atoms with Gasteiger partial charge in [-0.15, -0.1) is 20.4 Å². The van der Waals surface area contributed by atoms with E-state index in [1.165, 1.54) is 55.4 Å². The van der Waals surface area contributed by atoms with Gasteiger partial charge in [0.05, 0.1) is 48.0 Å². The minimum atomic E-state index is -0.365. The second kappa shape index (κ2) is 14.3. The largest absolute Gasteiger partial charge is 0.226 e. The first kappa shape index (κ1) is 33.2. The molecule has 0 amide bonds. The van der Waals surface area contributed by atoms with E-state index in [-0.39, 0.29) is 11.6 Å². The van der Waals surface area contributed by atoms with Crippen molar-refractivity contribution in [1.29, 1.82) is 0 Å². The van der Waals surface area contributed by atoms with E-state index in [9.17, 15) is 8.78 Å². The lowest BCUT2D eigenvalue weighted by atomic mass is 10.1. The van der Waals surface area contributed by atoms with Gasteiger partial charge in [0.1, 0.15) is 21.7 Å². The molecule has 0 saturated carbocycles. The van der Waals surface area contributed by atoms with Gasteiger partial charge in [-0.05, 0) is 106 Å². The summed E-state index contributed by atoms with van der Waals surface area (Å²) in [5.41, 5.74) is 6.87. The standard InChI is InChI=1S/C36H28F2N12S2/c1-23-5-3-7-25(17-23)21-47-43-33(41-45-47)31-19-39-49(29-13-9-27(37)10-14-29)35(31)51-52-36-32(20-40-50(36)30-15-11-28(38)12-16-30)34-42-46-48(44-34)22-26-8-4-6-24(2)18-26/h3-20H,21-22H2,1-2H3. The van der Waals surface area contributed by atoms with Crippen molar-refractivity contribution < 1.29 is 8.78 Å². The van der Waals surface area contributed by atoms with Gasteiger partial charge in [-0.1, -0.05) is 59.7 Å². The van der Waals surface area contributed by atoms with Crippen LogP contribution < -0.4 is 0 Å². The van der Waals surface area contributed by atoms with Crippen molar-refractivity contribution in [2.75, 3.05) is 0 Å². The highest BCUT2D eigenvalue weighted by molar-refractivity contribution is 8.76. The van der Waals surface area contributed by atoms with Gasteiger partial charge < -0.3 is 0 Å². The molecule has 0 bridgehead atoms. The zero-order chi connectivity index (χ0) is 35.6. The molecule has 16 heteroatoms. The predicted octanol–water partition coefficient (Wildman–Crippen LogP) is 7.16. The highest BCUT2D eigenvalue weighted by Gasteiger charge is 2.24. The van der Waals surface area contributed by atoms with Gasteiger partial charge in [-0.3, -0.25) is 0 Å². The van der Waals surface area contributed by atoms with Crippen LogP contribution in [-0.2, 0) is 13.1 Å². The molecule has 0 aliphatic carbocycles. The van der Waals surface area contributed by atoms with Gasteiger partial charge in [0.2, 0.25) is 11.6 Å². The summed E-state index contributed by atoms with van der Waals surface area (Å²) in [5, 5.41) is 37.4. The van der Waals surface area contributed by atoms with Crippen LogP contribution >= 0.6 is 21.6 Å². The molecule has 0 saturated heterocycles. The molecule has 0 aliphatic rings. The van der Waals surface area contributed by atoms with Crippen LogP contribution in [0.25, 0.3) is 34.2 Å². The molecule has 4 heterocycles. The maximum Gasteiger partial charge on any atom is 0.209 e. The Bertz CT molecular complexity index is 2310. The highest BCUT2D eigenvalue weighted by Crippen LogP contribution is 2.45. The van der Waals surface area contributed by atoms with Crippen LogP contribution in [0, 0.1) is 25.5 Å². The van der Waals surface area contributed by atoms with E-state index in [4.69, 9.17) is 0 Å². The van der Waals surface area contributed by atoms with Crippen LogP contribution in [0.5, 0.6) is 0 Å². The third kappa shape index (κ3) is 7.11. The lowest BCUT2D eigenvalue weighted by Crippen LogP contribution is -2.04. The average molecular weight is 731 g/mol. The molecule has 12 nitrogen and oxygen atoms in total. The molecule has 0 fully saturated rings. The molecule has 0 aliphatic heterocycles. The summed E-state index contributed by atoms with van der Waals surface area (Å²) in [5.74, 6) is 0.0155. The highest BCUT2D eigenvalue weighted by atomic mass is 33.1. The molecule has 258 valence electrons. The average Bonchev–Trinajstić information content (AvgIpc) is 3.95. The predicted molar refractivity (Wildman–Crippen MR) is 193 cm³/mol. The van der Waals surface area contributed by atoms with E-state index in [2.05, 4.69) is 53.2 Å². The van der Waals surface area contributed by atoms with Crippen LogP contribution in [0.3, 0.4) is 0 Å².